The van der Waals surface area contributed by atoms with Crippen LogP contribution < -0.4 is 0 Å². The zero-order valence-electron chi connectivity index (χ0n) is 11.6. The van der Waals surface area contributed by atoms with E-state index in [2.05, 4.69) is 4.98 Å². The average molecular weight is 318 g/mol. The lowest BCUT2D eigenvalue weighted by molar-refractivity contribution is 0.142. The number of ether oxygens (including phenoxy) is 1. The van der Waals surface area contributed by atoms with Crippen LogP contribution in [0.4, 0.5) is 0 Å². The van der Waals surface area contributed by atoms with E-state index in [0.717, 1.165) is 17.9 Å². The van der Waals surface area contributed by atoms with E-state index >= 15 is 0 Å². The van der Waals surface area contributed by atoms with Gasteiger partial charge in [-0.05, 0) is 37.0 Å². The molecule has 0 saturated heterocycles. The van der Waals surface area contributed by atoms with Gasteiger partial charge in [-0.2, -0.15) is 0 Å². The Balaban J connectivity index is 1.77. The Morgan fingerprint density at radius 2 is 2.10 bits per heavy atom. The summed E-state index contributed by atoms with van der Waals surface area (Å²) in [4.78, 5) is 4.04. The predicted octanol–water partition coefficient (Wildman–Crippen LogP) is 2.77. The molecular formula is C14H20ClNO3S. The van der Waals surface area contributed by atoms with Crippen molar-refractivity contribution in [2.24, 2.45) is 5.92 Å². The third kappa shape index (κ3) is 5.77. The lowest BCUT2D eigenvalue weighted by atomic mass is 10.2. The summed E-state index contributed by atoms with van der Waals surface area (Å²) >= 11 is 5.83. The van der Waals surface area contributed by atoms with E-state index < -0.39 is 9.84 Å². The van der Waals surface area contributed by atoms with Crippen LogP contribution in [0.1, 0.15) is 30.5 Å². The summed E-state index contributed by atoms with van der Waals surface area (Å²) in [6, 6.07) is 3.45. The molecule has 112 valence electrons. The molecule has 4 nitrogen and oxygen atoms in total. The number of sulfone groups is 1. The van der Waals surface area contributed by atoms with Crippen LogP contribution in [-0.2, 0) is 20.3 Å². The second-order valence-electron chi connectivity index (χ2n) is 5.40. The van der Waals surface area contributed by atoms with Crippen LogP contribution in [0.5, 0.6) is 0 Å². The van der Waals surface area contributed by atoms with Crippen molar-refractivity contribution >= 4 is 21.4 Å². The number of nitrogens with zero attached hydrogens (tertiary/aromatic N) is 1. The third-order valence-corrected chi connectivity index (χ3v) is 4.98. The fraction of sp³-hybridized carbons (Fsp3) is 0.643. The number of pyridine rings is 1. The van der Waals surface area contributed by atoms with E-state index in [0.29, 0.717) is 17.5 Å². The van der Waals surface area contributed by atoms with Gasteiger partial charge in [0.25, 0.3) is 0 Å². The molecule has 0 aliphatic heterocycles. The topological polar surface area (TPSA) is 56.3 Å². The Kier molecular flexibility index (Phi) is 5.41. The maximum Gasteiger partial charge on any atom is 0.158 e. The summed E-state index contributed by atoms with van der Waals surface area (Å²) in [5, 5.41) is 0.330. The largest absolute Gasteiger partial charge is 0.380 e. The molecule has 1 aliphatic rings. The lowest BCUT2D eigenvalue weighted by Gasteiger charge is -2.06. The van der Waals surface area contributed by atoms with Crippen molar-refractivity contribution in [3.05, 3.63) is 28.5 Å². The van der Waals surface area contributed by atoms with E-state index in [1.807, 2.05) is 6.92 Å². The van der Waals surface area contributed by atoms with E-state index in [-0.39, 0.29) is 18.1 Å². The fourth-order valence-electron chi connectivity index (χ4n) is 2.01. The van der Waals surface area contributed by atoms with Crippen molar-refractivity contribution in [1.29, 1.82) is 0 Å². The summed E-state index contributed by atoms with van der Waals surface area (Å²) in [6.07, 6.45) is 3.64. The monoisotopic (exact) mass is 317 g/mol. The number of hydrogen-bond acceptors (Lipinski definition) is 4. The van der Waals surface area contributed by atoms with Crippen LogP contribution >= 0.6 is 11.6 Å². The van der Waals surface area contributed by atoms with Gasteiger partial charge in [0.1, 0.15) is 5.15 Å². The Hall–Kier alpha value is -0.650. The number of hydrogen-bond donors (Lipinski definition) is 0. The van der Waals surface area contributed by atoms with Crippen molar-refractivity contribution in [2.75, 3.05) is 19.0 Å². The molecular weight excluding hydrogens is 298 g/mol. The van der Waals surface area contributed by atoms with E-state index in [4.69, 9.17) is 16.3 Å². The highest BCUT2D eigenvalue weighted by Crippen LogP contribution is 2.32. The van der Waals surface area contributed by atoms with Gasteiger partial charge in [0.2, 0.25) is 0 Å². The van der Waals surface area contributed by atoms with Gasteiger partial charge in [-0.3, -0.25) is 0 Å². The highest BCUT2D eigenvalue weighted by atomic mass is 35.5. The van der Waals surface area contributed by atoms with Gasteiger partial charge in [-0.25, -0.2) is 13.4 Å². The van der Waals surface area contributed by atoms with E-state index in [1.54, 1.807) is 12.1 Å². The van der Waals surface area contributed by atoms with Gasteiger partial charge in [0.15, 0.2) is 9.84 Å². The highest BCUT2D eigenvalue weighted by molar-refractivity contribution is 7.90. The van der Waals surface area contributed by atoms with Gasteiger partial charge in [0, 0.05) is 6.61 Å². The van der Waals surface area contributed by atoms with Gasteiger partial charge in [-0.1, -0.05) is 24.4 Å². The van der Waals surface area contributed by atoms with Crippen molar-refractivity contribution in [2.45, 2.75) is 31.9 Å². The standard InChI is InChI=1S/C14H20ClNO3S/c1-11-8-13(16-14(15)9-11)10-20(17,18)7-6-19-5-4-12-2-3-12/h8-9,12H,2-7,10H2,1H3. The van der Waals surface area contributed by atoms with Crippen LogP contribution in [0.25, 0.3) is 0 Å². The Morgan fingerprint density at radius 1 is 1.35 bits per heavy atom. The van der Waals surface area contributed by atoms with Crippen LogP contribution in [0.15, 0.2) is 12.1 Å². The summed E-state index contributed by atoms with van der Waals surface area (Å²) in [6.45, 7) is 2.79. The molecule has 20 heavy (non-hydrogen) atoms. The maximum absolute atomic E-state index is 12.0. The molecule has 0 unspecified atom stereocenters. The number of halogens is 1. The quantitative estimate of drug-likeness (QED) is 0.546. The lowest BCUT2D eigenvalue weighted by Crippen LogP contribution is -2.15. The smallest absolute Gasteiger partial charge is 0.158 e. The van der Waals surface area contributed by atoms with Crippen molar-refractivity contribution in [1.82, 2.24) is 4.98 Å². The molecule has 0 spiro atoms. The van der Waals surface area contributed by atoms with Crippen LogP contribution in [-0.4, -0.2) is 32.4 Å². The van der Waals surface area contributed by atoms with Gasteiger partial charge < -0.3 is 4.74 Å². The SMILES string of the molecule is Cc1cc(Cl)nc(CS(=O)(=O)CCOCCC2CC2)c1. The highest BCUT2D eigenvalue weighted by Gasteiger charge is 2.20. The summed E-state index contributed by atoms with van der Waals surface area (Å²) in [5.74, 6) is 0.760. The van der Waals surface area contributed by atoms with Crippen molar-refractivity contribution < 1.29 is 13.2 Å². The first-order valence-corrected chi connectivity index (χ1v) is 9.06. The molecule has 0 bridgehead atoms. The number of rotatable bonds is 8. The Labute approximate surface area is 125 Å². The fourth-order valence-corrected chi connectivity index (χ4v) is 3.41. The first kappa shape index (κ1) is 15.7. The molecule has 1 aromatic rings. The summed E-state index contributed by atoms with van der Waals surface area (Å²) in [5.41, 5.74) is 1.41. The zero-order chi connectivity index (χ0) is 14.6. The van der Waals surface area contributed by atoms with Gasteiger partial charge in [-0.15, -0.1) is 0 Å². The first-order valence-electron chi connectivity index (χ1n) is 6.86. The maximum atomic E-state index is 12.0. The molecule has 0 radical (unpaired) electrons. The predicted molar refractivity (Wildman–Crippen MR) is 79.6 cm³/mol. The molecule has 1 aliphatic carbocycles. The molecule has 0 aromatic carbocycles. The number of aromatic nitrogens is 1. The number of aryl methyl sites for hydroxylation is 1. The van der Waals surface area contributed by atoms with Crippen molar-refractivity contribution in [3.63, 3.8) is 0 Å². The Morgan fingerprint density at radius 3 is 2.75 bits per heavy atom. The zero-order valence-corrected chi connectivity index (χ0v) is 13.2. The molecule has 2 rings (SSSR count). The molecule has 1 heterocycles. The molecule has 1 saturated carbocycles. The van der Waals surface area contributed by atoms with Gasteiger partial charge >= 0.3 is 0 Å². The second-order valence-corrected chi connectivity index (χ2v) is 7.97. The van der Waals surface area contributed by atoms with Gasteiger partial charge in [0.05, 0.1) is 23.8 Å². The minimum atomic E-state index is -3.20. The normalized spacial score (nSPS) is 15.5. The molecule has 1 aromatic heterocycles. The summed E-state index contributed by atoms with van der Waals surface area (Å²) < 4.78 is 29.3. The molecule has 0 amide bonds. The van der Waals surface area contributed by atoms with Crippen LogP contribution in [0.2, 0.25) is 5.15 Å². The Bertz CT molecular complexity index is 535. The molecule has 0 N–H and O–H groups in total. The molecule has 0 atom stereocenters. The van der Waals surface area contributed by atoms with E-state index in [1.165, 1.54) is 12.8 Å². The molecule has 6 heteroatoms. The van der Waals surface area contributed by atoms with Crippen LogP contribution in [0.3, 0.4) is 0 Å². The average Bonchev–Trinajstić information content (AvgIpc) is 3.10. The van der Waals surface area contributed by atoms with Crippen LogP contribution in [0, 0.1) is 12.8 Å². The third-order valence-electron chi connectivity index (χ3n) is 3.27. The second kappa shape index (κ2) is 6.87. The molecule has 1 fully saturated rings. The summed E-state index contributed by atoms with van der Waals surface area (Å²) in [7, 11) is -3.20. The van der Waals surface area contributed by atoms with E-state index in [9.17, 15) is 8.42 Å². The minimum Gasteiger partial charge on any atom is -0.380 e. The minimum absolute atomic E-state index is 0.0326. The first-order chi connectivity index (χ1) is 9.44. The van der Waals surface area contributed by atoms with Crippen molar-refractivity contribution in [3.8, 4) is 0 Å².